The maximum atomic E-state index is 13.6. The van der Waals surface area contributed by atoms with E-state index in [-0.39, 0.29) is 19.0 Å². The van der Waals surface area contributed by atoms with Gasteiger partial charge in [0.2, 0.25) is 0 Å². The molecule has 0 aromatic heterocycles. The molecular weight excluding hydrogens is 349 g/mol. The topological polar surface area (TPSA) is 107 Å². The fourth-order valence-corrected chi connectivity index (χ4v) is 4.74. The largest absolute Gasteiger partial charge is 0.330 e. The predicted octanol–water partition coefficient (Wildman–Crippen LogP) is 2.06. The van der Waals surface area contributed by atoms with E-state index in [9.17, 15) is 22.9 Å². The van der Waals surface area contributed by atoms with Crippen LogP contribution in [0.3, 0.4) is 0 Å². The zero-order valence-corrected chi connectivity index (χ0v) is 13.9. The minimum atomic E-state index is -4.19. The first-order valence-electron chi connectivity index (χ1n) is 7.59. The Bertz CT molecular complexity index is 933. The first kappa shape index (κ1) is 17.3. The molecule has 0 amide bonds. The molecule has 1 aliphatic heterocycles. The average Bonchev–Trinajstić information content (AvgIpc) is 2.60. The summed E-state index contributed by atoms with van der Waals surface area (Å²) in [6, 6.07) is 8.99. The van der Waals surface area contributed by atoms with Gasteiger partial charge in [-0.2, -0.15) is 0 Å². The van der Waals surface area contributed by atoms with Crippen LogP contribution in [0.5, 0.6) is 0 Å². The van der Waals surface area contributed by atoms with Crippen molar-refractivity contribution in [2.75, 3.05) is 17.4 Å². The molecule has 1 aliphatic rings. The van der Waals surface area contributed by atoms with Gasteiger partial charge < -0.3 is 5.73 Å². The number of nitrogens with two attached hydrogens (primary N) is 1. The second-order valence-corrected chi connectivity index (χ2v) is 7.67. The number of nitro benzene ring substituents is 1. The molecule has 0 aliphatic carbocycles. The molecule has 9 heteroatoms. The molecule has 2 aromatic rings. The quantitative estimate of drug-likeness (QED) is 0.659. The number of sulfonamides is 1. The molecule has 0 bridgehead atoms. The summed E-state index contributed by atoms with van der Waals surface area (Å²) in [4.78, 5) is 10.1. The first-order chi connectivity index (χ1) is 11.8. The van der Waals surface area contributed by atoms with Crippen LogP contribution in [0.25, 0.3) is 0 Å². The lowest BCUT2D eigenvalue weighted by molar-refractivity contribution is -0.387. The zero-order valence-electron chi connectivity index (χ0n) is 13.1. The Hall–Kier alpha value is -2.52. The van der Waals surface area contributed by atoms with Gasteiger partial charge in [-0.15, -0.1) is 0 Å². The van der Waals surface area contributed by atoms with Gasteiger partial charge in [0, 0.05) is 12.6 Å². The van der Waals surface area contributed by atoms with E-state index in [4.69, 9.17) is 5.73 Å². The smallest absolute Gasteiger partial charge is 0.289 e. The molecular formula is C16H16FN3O4S. The lowest BCUT2D eigenvalue weighted by Gasteiger charge is -2.34. The van der Waals surface area contributed by atoms with Crippen LogP contribution in [0.4, 0.5) is 15.8 Å². The Labute approximate surface area is 144 Å². The maximum Gasteiger partial charge on any atom is 0.289 e. The number of rotatable bonds is 4. The summed E-state index contributed by atoms with van der Waals surface area (Å²) in [7, 11) is -4.19. The third-order valence-corrected chi connectivity index (χ3v) is 6.03. The van der Waals surface area contributed by atoms with E-state index in [2.05, 4.69) is 0 Å². The van der Waals surface area contributed by atoms with Gasteiger partial charge in [-0.25, -0.2) is 12.8 Å². The fraction of sp³-hybridized carbons (Fsp3) is 0.250. The van der Waals surface area contributed by atoms with Gasteiger partial charge >= 0.3 is 0 Å². The highest BCUT2D eigenvalue weighted by atomic mass is 32.2. The third-order valence-electron chi connectivity index (χ3n) is 4.21. The van der Waals surface area contributed by atoms with E-state index in [1.807, 2.05) is 0 Å². The normalized spacial score (nSPS) is 17.2. The van der Waals surface area contributed by atoms with Crippen molar-refractivity contribution in [2.24, 2.45) is 11.7 Å². The van der Waals surface area contributed by atoms with E-state index < -0.39 is 31.3 Å². The highest BCUT2D eigenvalue weighted by Gasteiger charge is 2.36. The van der Waals surface area contributed by atoms with Gasteiger partial charge in [0.05, 0.1) is 10.6 Å². The number of anilines is 1. The van der Waals surface area contributed by atoms with E-state index in [0.29, 0.717) is 17.7 Å². The van der Waals surface area contributed by atoms with Crippen molar-refractivity contribution in [3.05, 3.63) is 64.0 Å². The Morgan fingerprint density at radius 1 is 1.28 bits per heavy atom. The Morgan fingerprint density at radius 2 is 2.00 bits per heavy atom. The number of hydrogen-bond donors (Lipinski definition) is 1. The standard InChI is InChI=1S/C16H16FN3O4S/c17-13-5-6-14-12(8-13)7-11(9-18)10-19(14)25(23,24)16-4-2-1-3-15(16)20(21)22/h1-6,8,11H,7,9-10,18H2. The summed E-state index contributed by atoms with van der Waals surface area (Å²) in [5.74, 6) is -0.675. The maximum absolute atomic E-state index is 13.6. The van der Waals surface area contributed by atoms with E-state index in [1.165, 1.54) is 36.4 Å². The Balaban J connectivity index is 2.17. The van der Waals surface area contributed by atoms with Crippen molar-refractivity contribution >= 4 is 21.4 Å². The third kappa shape index (κ3) is 3.08. The van der Waals surface area contributed by atoms with Gasteiger partial charge in [-0.05, 0) is 48.7 Å². The van der Waals surface area contributed by atoms with Crippen molar-refractivity contribution in [3.8, 4) is 0 Å². The lowest BCUT2D eigenvalue weighted by Crippen LogP contribution is -2.42. The van der Waals surface area contributed by atoms with Crippen molar-refractivity contribution in [1.82, 2.24) is 0 Å². The SMILES string of the molecule is NCC1Cc2cc(F)ccc2N(S(=O)(=O)c2ccccc2[N+](=O)[O-])C1. The molecule has 7 nitrogen and oxygen atoms in total. The lowest BCUT2D eigenvalue weighted by atomic mass is 9.94. The summed E-state index contributed by atoms with van der Waals surface area (Å²) in [5, 5.41) is 11.2. The minimum absolute atomic E-state index is 0.0868. The number of nitrogens with zero attached hydrogens (tertiary/aromatic N) is 2. The molecule has 25 heavy (non-hydrogen) atoms. The van der Waals surface area contributed by atoms with E-state index >= 15 is 0 Å². The number of nitro groups is 1. The average molecular weight is 365 g/mol. The molecule has 1 heterocycles. The molecule has 2 aromatic carbocycles. The monoisotopic (exact) mass is 365 g/mol. The molecule has 1 unspecified atom stereocenters. The van der Waals surface area contributed by atoms with Crippen LogP contribution in [0, 0.1) is 21.8 Å². The molecule has 0 saturated heterocycles. The van der Waals surface area contributed by atoms with Crippen LogP contribution in [-0.4, -0.2) is 26.4 Å². The number of benzene rings is 2. The van der Waals surface area contributed by atoms with Crippen molar-refractivity contribution in [3.63, 3.8) is 0 Å². The van der Waals surface area contributed by atoms with Crippen molar-refractivity contribution in [2.45, 2.75) is 11.3 Å². The summed E-state index contributed by atoms with van der Waals surface area (Å²) < 4.78 is 40.9. The van der Waals surface area contributed by atoms with Crippen LogP contribution in [0.2, 0.25) is 0 Å². The number of halogens is 1. The highest BCUT2D eigenvalue weighted by molar-refractivity contribution is 7.93. The number of fused-ring (bicyclic) bond motifs is 1. The van der Waals surface area contributed by atoms with Crippen LogP contribution in [0.15, 0.2) is 47.4 Å². The molecule has 3 rings (SSSR count). The van der Waals surface area contributed by atoms with Crippen LogP contribution < -0.4 is 10.0 Å². The second kappa shape index (κ2) is 6.41. The Morgan fingerprint density at radius 3 is 2.68 bits per heavy atom. The first-order valence-corrected chi connectivity index (χ1v) is 9.03. The van der Waals surface area contributed by atoms with Gasteiger partial charge in [-0.1, -0.05) is 12.1 Å². The van der Waals surface area contributed by atoms with E-state index in [0.717, 1.165) is 10.4 Å². The van der Waals surface area contributed by atoms with Crippen LogP contribution >= 0.6 is 0 Å². The molecule has 132 valence electrons. The van der Waals surface area contributed by atoms with E-state index in [1.54, 1.807) is 0 Å². The summed E-state index contributed by atoms with van der Waals surface area (Å²) in [6.45, 7) is 0.308. The van der Waals surface area contributed by atoms with Crippen molar-refractivity contribution in [1.29, 1.82) is 0 Å². The molecule has 2 N–H and O–H groups in total. The minimum Gasteiger partial charge on any atom is -0.330 e. The highest BCUT2D eigenvalue weighted by Crippen LogP contribution is 2.36. The molecule has 0 fully saturated rings. The second-order valence-electron chi connectivity index (χ2n) is 5.84. The Kier molecular flexibility index (Phi) is 4.44. The number of para-hydroxylation sites is 1. The van der Waals surface area contributed by atoms with Crippen LogP contribution in [-0.2, 0) is 16.4 Å². The zero-order chi connectivity index (χ0) is 18.2. The molecule has 0 saturated carbocycles. The predicted molar refractivity (Wildman–Crippen MR) is 90.3 cm³/mol. The van der Waals surface area contributed by atoms with Gasteiger partial charge in [-0.3, -0.25) is 14.4 Å². The van der Waals surface area contributed by atoms with Gasteiger partial charge in [0.25, 0.3) is 15.7 Å². The summed E-state index contributed by atoms with van der Waals surface area (Å²) in [5.41, 5.74) is 6.04. The number of hydrogen-bond acceptors (Lipinski definition) is 5. The molecule has 1 atom stereocenters. The molecule has 0 radical (unpaired) electrons. The summed E-state index contributed by atoms with van der Waals surface area (Å²) >= 11 is 0. The van der Waals surface area contributed by atoms with Crippen molar-refractivity contribution < 1.29 is 17.7 Å². The van der Waals surface area contributed by atoms with Crippen LogP contribution in [0.1, 0.15) is 5.56 Å². The fourth-order valence-electron chi connectivity index (χ4n) is 3.00. The van der Waals surface area contributed by atoms with Gasteiger partial charge in [0.1, 0.15) is 5.82 Å². The molecule has 0 spiro atoms. The van der Waals surface area contributed by atoms with Gasteiger partial charge in [0.15, 0.2) is 4.90 Å². The summed E-state index contributed by atoms with van der Waals surface area (Å²) in [6.07, 6.45) is 0.451.